The molecule has 0 aliphatic carbocycles. The van der Waals surface area contributed by atoms with E-state index in [-0.39, 0.29) is 0 Å². The SMILES string of the molecule is CN=C(NCc1csc(C(F)(F)F)c1)N1CCCOCC1. The Morgan fingerprint density at radius 3 is 2.90 bits per heavy atom. The summed E-state index contributed by atoms with van der Waals surface area (Å²) in [5, 5.41) is 4.63. The molecule has 8 heteroatoms. The maximum absolute atomic E-state index is 12.5. The van der Waals surface area contributed by atoms with Gasteiger partial charge in [-0.15, -0.1) is 11.3 Å². The van der Waals surface area contributed by atoms with Crippen molar-refractivity contribution in [3.05, 3.63) is 21.9 Å². The number of nitrogens with zero attached hydrogens (tertiary/aromatic N) is 2. The van der Waals surface area contributed by atoms with Gasteiger partial charge in [-0.3, -0.25) is 4.99 Å². The Labute approximate surface area is 125 Å². The number of halogens is 3. The molecule has 2 rings (SSSR count). The first-order valence-corrected chi connectivity index (χ1v) is 7.56. The van der Waals surface area contributed by atoms with Crippen LogP contribution in [0.2, 0.25) is 0 Å². The zero-order chi connectivity index (χ0) is 15.3. The van der Waals surface area contributed by atoms with E-state index in [1.807, 2.05) is 0 Å². The van der Waals surface area contributed by atoms with Crippen molar-refractivity contribution in [2.45, 2.75) is 19.1 Å². The molecule has 0 radical (unpaired) electrons. The number of alkyl halides is 3. The summed E-state index contributed by atoms with van der Waals surface area (Å²) >= 11 is 0.716. The Hall–Kier alpha value is -1.28. The zero-order valence-corrected chi connectivity index (χ0v) is 12.6. The van der Waals surface area contributed by atoms with Crippen molar-refractivity contribution in [3.8, 4) is 0 Å². The van der Waals surface area contributed by atoms with Crippen LogP contribution in [0.3, 0.4) is 0 Å². The molecule has 0 bridgehead atoms. The number of thiophene rings is 1. The average Bonchev–Trinajstić information content (AvgIpc) is 2.76. The molecule has 118 valence electrons. The molecule has 21 heavy (non-hydrogen) atoms. The first-order valence-electron chi connectivity index (χ1n) is 6.68. The van der Waals surface area contributed by atoms with E-state index in [9.17, 15) is 13.2 Å². The van der Waals surface area contributed by atoms with Crippen molar-refractivity contribution in [1.82, 2.24) is 10.2 Å². The monoisotopic (exact) mass is 321 g/mol. The Kier molecular flexibility index (Phi) is 5.46. The highest BCUT2D eigenvalue weighted by Gasteiger charge is 2.32. The molecular formula is C13H18F3N3OS. The van der Waals surface area contributed by atoms with Crippen molar-refractivity contribution in [1.29, 1.82) is 0 Å². The van der Waals surface area contributed by atoms with Gasteiger partial charge in [0.1, 0.15) is 4.88 Å². The molecule has 1 aliphatic rings. The van der Waals surface area contributed by atoms with Crippen LogP contribution in [0.4, 0.5) is 13.2 Å². The first kappa shape index (κ1) is 16.1. The van der Waals surface area contributed by atoms with Crippen molar-refractivity contribution < 1.29 is 17.9 Å². The van der Waals surface area contributed by atoms with Gasteiger partial charge in [-0.05, 0) is 23.4 Å². The minimum Gasteiger partial charge on any atom is -0.380 e. The van der Waals surface area contributed by atoms with Gasteiger partial charge in [-0.2, -0.15) is 13.2 Å². The lowest BCUT2D eigenvalue weighted by atomic mass is 10.3. The van der Waals surface area contributed by atoms with Crippen LogP contribution in [0.15, 0.2) is 16.4 Å². The number of hydrogen-bond donors (Lipinski definition) is 1. The highest BCUT2D eigenvalue weighted by molar-refractivity contribution is 7.10. The summed E-state index contributed by atoms with van der Waals surface area (Å²) < 4.78 is 43.0. The molecule has 2 heterocycles. The van der Waals surface area contributed by atoms with Gasteiger partial charge in [0, 0.05) is 33.3 Å². The van der Waals surface area contributed by atoms with Crippen LogP contribution in [0.5, 0.6) is 0 Å². The quantitative estimate of drug-likeness (QED) is 0.672. The maximum Gasteiger partial charge on any atom is 0.425 e. The van der Waals surface area contributed by atoms with Crippen LogP contribution >= 0.6 is 11.3 Å². The van der Waals surface area contributed by atoms with Gasteiger partial charge in [0.05, 0.1) is 6.61 Å². The predicted octanol–water partition coefficient (Wildman–Crippen LogP) is 2.56. The largest absolute Gasteiger partial charge is 0.425 e. The Balaban J connectivity index is 1.92. The summed E-state index contributed by atoms with van der Waals surface area (Å²) in [6.07, 6.45) is -3.36. The number of ether oxygens (including phenoxy) is 1. The number of hydrogen-bond acceptors (Lipinski definition) is 3. The summed E-state index contributed by atoms with van der Waals surface area (Å²) in [6, 6.07) is 1.18. The van der Waals surface area contributed by atoms with Crippen molar-refractivity contribution in [2.24, 2.45) is 4.99 Å². The lowest BCUT2D eigenvalue weighted by molar-refractivity contribution is -0.134. The van der Waals surface area contributed by atoms with E-state index in [0.29, 0.717) is 36.0 Å². The fraction of sp³-hybridized carbons (Fsp3) is 0.615. The molecule has 0 atom stereocenters. The van der Waals surface area contributed by atoms with Gasteiger partial charge in [-0.25, -0.2) is 0 Å². The second kappa shape index (κ2) is 7.13. The van der Waals surface area contributed by atoms with Crippen molar-refractivity contribution in [3.63, 3.8) is 0 Å². The summed E-state index contributed by atoms with van der Waals surface area (Å²) in [7, 11) is 1.67. The lowest BCUT2D eigenvalue weighted by Crippen LogP contribution is -2.42. The molecule has 1 aliphatic heterocycles. The zero-order valence-electron chi connectivity index (χ0n) is 11.7. The van der Waals surface area contributed by atoms with Crippen LogP contribution in [0, 0.1) is 0 Å². The number of nitrogens with one attached hydrogen (secondary N) is 1. The third kappa shape index (κ3) is 4.60. The molecule has 0 amide bonds. The van der Waals surface area contributed by atoms with Crippen LogP contribution < -0.4 is 5.32 Å². The van der Waals surface area contributed by atoms with Crippen molar-refractivity contribution >= 4 is 17.3 Å². The average molecular weight is 321 g/mol. The van der Waals surface area contributed by atoms with Crippen LogP contribution in [-0.4, -0.2) is 44.2 Å². The fourth-order valence-electron chi connectivity index (χ4n) is 2.09. The molecule has 0 spiro atoms. The molecule has 1 fully saturated rings. The summed E-state index contributed by atoms with van der Waals surface area (Å²) in [6.45, 7) is 3.26. The molecule has 0 saturated carbocycles. The molecule has 1 aromatic rings. The van der Waals surface area contributed by atoms with Gasteiger partial charge >= 0.3 is 6.18 Å². The lowest BCUT2D eigenvalue weighted by Gasteiger charge is -2.24. The van der Waals surface area contributed by atoms with Gasteiger partial charge in [0.15, 0.2) is 5.96 Å². The van der Waals surface area contributed by atoms with E-state index in [1.54, 1.807) is 7.05 Å². The number of aliphatic imine (C=N–C) groups is 1. The van der Waals surface area contributed by atoms with Crippen LogP contribution in [-0.2, 0) is 17.5 Å². The topological polar surface area (TPSA) is 36.9 Å². The fourth-order valence-corrected chi connectivity index (χ4v) is 2.87. The molecule has 1 aromatic heterocycles. The molecule has 4 nitrogen and oxygen atoms in total. The van der Waals surface area contributed by atoms with E-state index < -0.39 is 11.1 Å². The highest BCUT2D eigenvalue weighted by Crippen LogP contribution is 2.33. The second-order valence-electron chi connectivity index (χ2n) is 4.67. The Bertz CT molecular complexity index is 479. The normalized spacial score (nSPS) is 17.7. The number of rotatable bonds is 2. The van der Waals surface area contributed by atoms with Gasteiger partial charge in [0.25, 0.3) is 0 Å². The third-order valence-electron chi connectivity index (χ3n) is 3.12. The van der Waals surface area contributed by atoms with Gasteiger partial charge < -0.3 is 15.0 Å². The molecule has 1 saturated heterocycles. The molecule has 0 unspecified atom stereocenters. The van der Waals surface area contributed by atoms with E-state index >= 15 is 0 Å². The van der Waals surface area contributed by atoms with Gasteiger partial charge in [-0.1, -0.05) is 0 Å². The van der Waals surface area contributed by atoms with E-state index in [2.05, 4.69) is 15.2 Å². The molecule has 1 N–H and O–H groups in total. The third-order valence-corrected chi connectivity index (χ3v) is 4.14. The summed E-state index contributed by atoms with van der Waals surface area (Å²) in [5.74, 6) is 0.695. The van der Waals surface area contributed by atoms with E-state index in [1.165, 1.54) is 11.4 Å². The summed E-state index contributed by atoms with van der Waals surface area (Å²) in [4.78, 5) is 5.67. The maximum atomic E-state index is 12.5. The molecular weight excluding hydrogens is 303 g/mol. The van der Waals surface area contributed by atoms with Crippen LogP contribution in [0.1, 0.15) is 16.9 Å². The minimum absolute atomic E-state index is 0.330. The van der Waals surface area contributed by atoms with E-state index in [0.717, 1.165) is 26.1 Å². The Morgan fingerprint density at radius 1 is 1.43 bits per heavy atom. The van der Waals surface area contributed by atoms with Gasteiger partial charge in [0.2, 0.25) is 0 Å². The highest BCUT2D eigenvalue weighted by atomic mass is 32.1. The minimum atomic E-state index is -4.27. The number of guanidine groups is 1. The standard InChI is InChI=1S/C13H18F3N3OS/c1-17-12(19-3-2-5-20-6-4-19)18-8-10-7-11(21-9-10)13(14,15)16/h7,9H,2-6,8H2,1H3,(H,17,18). The molecule has 0 aromatic carbocycles. The van der Waals surface area contributed by atoms with Crippen LogP contribution in [0.25, 0.3) is 0 Å². The Morgan fingerprint density at radius 2 is 2.24 bits per heavy atom. The smallest absolute Gasteiger partial charge is 0.380 e. The van der Waals surface area contributed by atoms with E-state index in [4.69, 9.17) is 4.74 Å². The van der Waals surface area contributed by atoms with Crippen molar-refractivity contribution in [2.75, 3.05) is 33.4 Å². The first-order chi connectivity index (χ1) is 10.0. The summed E-state index contributed by atoms with van der Waals surface area (Å²) in [5.41, 5.74) is 0.611. The predicted molar refractivity (Wildman–Crippen MR) is 76.5 cm³/mol. The second-order valence-corrected chi connectivity index (χ2v) is 5.58.